The smallest absolute Gasteiger partial charge is 0.334 e. The van der Waals surface area contributed by atoms with Gasteiger partial charge in [-0.25, -0.2) is 27.3 Å². The number of nitrogens with zero attached hydrogens (tertiary/aromatic N) is 3. The second kappa shape index (κ2) is 10.7. The van der Waals surface area contributed by atoms with E-state index in [0.717, 1.165) is 17.8 Å². The predicted molar refractivity (Wildman–Crippen MR) is 141 cm³/mol. The fourth-order valence-corrected chi connectivity index (χ4v) is 6.55. The lowest BCUT2D eigenvalue weighted by molar-refractivity contribution is 0.0814. The summed E-state index contributed by atoms with van der Waals surface area (Å²) in [5.74, 6) is -0.796. The molecule has 2 aromatic rings. The first-order chi connectivity index (χ1) is 17.5. The number of carbonyl (C=O) groups is 2. The molecule has 0 aliphatic carbocycles. The summed E-state index contributed by atoms with van der Waals surface area (Å²) in [6.45, 7) is 0.328. The molecular formula is C22H24ClFN6O5S2. The first-order valence-electron chi connectivity index (χ1n) is 11.0. The van der Waals surface area contributed by atoms with Gasteiger partial charge in [-0.05, 0) is 38.7 Å². The second-order valence-electron chi connectivity index (χ2n) is 8.34. The SMILES string of the molecule is CNc1cc2c(cc1F)C(=O)N(c1ccc(NC(=O)NS(=O)(=O)C3=CCC(Cl)S3)nc1)C(CN(C)C)O2. The van der Waals surface area contributed by atoms with Crippen LogP contribution in [0.3, 0.4) is 0 Å². The van der Waals surface area contributed by atoms with Crippen LogP contribution in [0.25, 0.3) is 0 Å². The number of amides is 3. The van der Waals surface area contributed by atoms with E-state index in [1.165, 1.54) is 35.4 Å². The van der Waals surface area contributed by atoms with Crippen molar-refractivity contribution in [3.05, 3.63) is 52.2 Å². The molecule has 4 rings (SSSR count). The summed E-state index contributed by atoms with van der Waals surface area (Å²) in [6, 6.07) is 4.46. The molecular weight excluding hydrogens is 547 g/mol. The molecule has 2 aliphatic heterocycles. The van der Waals surface area contributed by atoms with Gasteiger partial charge < -0.3 is 15.0 Å². The van der Waals surface area contributed by atoms with Crippen LogP contribution in [-0.4, -0.2) is 68.9 Å². The van der Waals surface area contributed by atoms with E-state index in [-0.39, 0.29) is 27.1 Å². The number of hydrogen-bond acceptors (Lipinski definition) is 9. The van der Waals surface area contributed by atoms with E-state index in [1.807, 2.05) is 23.7 Å². The van der Waals surface area contributed by atoms with Crippen molar-refractivity contribution in [2.75, 3.05) is 43.2 Å². The zero-order chi connectivity index (χ0) is 26.9. The van der Waals surface area contributed by atoms with Crippen molar-refractivity contribution < 1.29 is 27.1 Å². The fourth-order valence-electron chi connectivity index (χ4n) is 3.69. The highest BCUT2D eigenvalue weighted by molar-refractivity contribution is 8.19. The highest BCUT2D eigenvalue weighted by atomic mass is 35.5. The number of fused-ring (bicyclic) bond motifs is 1. The lowest BCUT2D eigenvalue weighted by Gasteiger charge is -2.38. The molecule has 1 aromatic heterocycles. The average Bonchev–Trinajstić information content (AvgIpc) is 3.27. The quantitative estimate of drug-likeness (QED) is 0.429. The Labute approximate surface area is 222 Å². The van der Waals surface area contributed by atoms with Gasteiger partial charge in [0.15, 0.2) is 6.23 Å². The number of nitrogens with one attached hydrogen (secondary N) is 3. The monoisotopic (exact) mass is 570 g/mol. The molecule has 3 N–H and O–H groups in total. The molecule has 0 saturated heterocycles. The van der Waals surface area contributed by atoms with Crippen molar-refractivity contribution >= 4 is 62.5 Å². The van der Waals surface area contributed by atoms with Crippen LogP contribution in [0.5, 0.6) is 5.75 Å². The number of pyridine rings is 1. The molecule has 37 heavy (non-hydrogen) atoms. The van der Waals surface area contributed by atoms with Crippen LogP contribution in [0, 0.1) is 5.82 Å². The summed E-state index contributed by atoms with van der Waals surface area (Å²) in [5.41, 5.74) is 0.586. The average molecular weight is 571 g/mol. The number of alkyl halides is 1. The number of rotatable bonds is 7. The van der Waals surface area contributed by atoms with Crippen molar-refractivity contribution in [1.29, 1.82) is 0 Å². The van der Waals surface area contributed by atoms with Gasteiger partial charge in [-0.1, -0.05) is 17.8 Å². The Bertz CT molecular complexity index is 1360. The van der Waals surface area contributed by atoms with Crippen LogP contribution >= 0.6 is 23.4 Å². The lowest BCUT2D eigenvalue weighted by Crippen LogP contribution is -2.52. The van der Waals surface area contributed by atoms with Crippen LogP contribution in [0.15, 0.2) is 40.8 Å². The summed E-state index contributed by atoms with van der Waals surface area (Å²) >= 11 is 6.84. The van der Waals surface area contributed by atoms with E-state index in [2.05, 4.69) is 15.6 Å². The lowest BCUT2D eigenvalue weighted by atomic mass is 10.1. The molecule has 0 spiro atoms. The van der Waals surface area contributed by atoms with Gasteiger partial charge in [-0.15, -0.1) is 11.6 Å². The number of likely N-dealkylation sites (N-methyl/N-ethyl adjacent to an activating group) is 1. The van der Waals surface area contributed by atoms with Crippen molar-refractivity contribution in [1.82, 2.24) is 14.6 Å². The molecule has 0 fully saturated rings. The molecule has 198 valence electrons. The Hall–Kier alpha value is -3.07. The molecule has 2 aliphatic rings. The number of urea groups is 1. The van der Waals surface area contributed by atoms with E-state index in [9.17, 15) is 22.4 Å². The number of benzene rings is 1. The zero-order valence-corrected chi connectivity index (χ0v) is 22.4. The van der Waals surface area contributed by atoms with Crippen molar-refractivity contribution in [2.24, 2.45) is 0 Å². The number of anilines is 3. The normalized spacial score (nSPS) is 19.2. The number of halogens is 2. The van der Waals surface area contributed by atoms with E-state index < -0.39 is 38.7 Å². The molecule has 0 bridgehead atoms. The largest absolute Gasteiger partial charge is 0.468 e. The third-order valence-electron chi connectivity index (χ3n) is 5.33. The van der Waals surface area contributed by atoms with Gasteiger partial charge in [0.25, 0.3) is 15.9 Å². The van der Waals surface area contributed by atoms with Crippen LogP contribution in [-0.2, 0) is 10.0 Å². The summed E-state index contributed by atoms with van der Waals surface area (Å²) in [5, 5.41) is 5.07. The summed E-state index contributed by atoms with van der Waals surface area (Å²) < 4.78 is 46.6. The maximum Gasteiger partial charge on any atom is 0.334 e. The third kappa shape index (κ3) is 5.92. The van der Waals surface area contributed by atoms with Gasteiger partial charge >= 0.3 is 6.03 Å². The Morgan fingerprint density at radius 2 is 2.11 bits per heavy atom. The van der Waals surface area contributed by atoms with E-state index >= 15 is 0 Å². The van der Waals surface area contributed by atoms with Gasteiger partial charge in [-0.3, -0.25) is 15.0 Å². The Morgan fingerprint density at radius 1 is 1.35 bits per heavy atom. The van der Waals surface area contributed by atoms with Gasteiger partial charge in [0.05, 0.1) is 34.4 Å². The molecule has 15 heteroatoms. The number of allylic oxidation sites excluding steroid dienone is 1. The van der Waals surface area contributed by atoms with E-state index in [1.54, 1.807) is 7.05 Å². The van der Waals surface area contributed by atoms with Gasteiger partial charge in [-0.2, -0.15) is 0 Å². The molecule has 0 saturated carbocycles. The standard InChI is InChI=1S/C22H24ClFN6O5S2/c1-25-15-9-16-13(8-14(15)24)21(31)30(19(35-16)11-29(2)3)12-4-6-18(26-10-12)27-22(32)28-37(33,34)20-7-5-17(23)36-20/h4,6-10,17,19,25H,5,11H2,1-3H3,(H2,26,27,28,32). The number of sulfonamides is 1. The van der Waals surface area contributed by atoms with Gasteiger partial charge in [0.1, 0.15) is 21.6 Å². The van der Waals surface area contributed by atoms with E-state index in [0.29, 0.717) is 18.7 Å². The maximum atomic E-state index is 14.4. The zero-order valence-electron chi connectivity index (χ0n) is 20.0. The first kappa shape index (κ1) is 27.0. The molecule has 1 aromatic carbocycles. The number of ether oxygens (including phenoxy) is 1. The molecule has 3 heterocycles. The highest BCUT2D eigenvalue weighted by Gasteiger charge is 2.36. The Morgan fingerprint density at radius 3 is 2.70 bits per heavy atom. The molecule has 2 atom stereocenters. The van der Waals surface area contributed by atoms with E-state index in [4.69, 9.17) is 16.3 Å². The maximum absolute atomic E-state index is 14.4. The minimum absolute atomic E-state index is 0.0277. The third-order valence-corrected chi connectivity index (χ3v) is 8.72. The minimum Gasteiger partial charge on any atom is -0.468 e. The summed E-state index contributed by atoms with van der Waals surface area (Å²) in [6.07, 6.45) is 2.39. The number of thioether (sulfide) groups is 1. The molecule has 11 nitrogen and oxygen atoms in total. The van der Waals surface area contributed by atoms with Crippen LogP contribution in [0.2, 0.25) is 0 Å². The van der Waals surface area contributed by atoms with Crippen molar-refractivity contribution in [3.8, 4) is 5.75 Å². The van der Waals surface area contributed by atoms with Crippen LogP contribution in [0.4, 0.5) is 26.4 Å². The van der Waals surface area contributed by atoms with Gasteiger partial charge in [0, 0.05) is 13.1 Å². The van der Waals surface area contributed by atoms with Crippen LogP contribution < -0.4 is 25.0 Å². The first-order valence-corrected chi connectivity index (χ1v) is 13.8. The number of hydrogen-bond donors (Lipinski definition) is 3. The summed E-state index contributed by atoms with van der Waals surface area (Å²) in [4.78, 5) is 32.9. The van der Waals surface area contributed by atoms with Crippen molar-refractivity contribution in [2.45, 2.75) is 17.4 Å². The number of carbonyl (C=O) groups excluding carboxylic acids is 2. The highest BCUT2D eigenvalue weighted by Crippen LogP contribution is 2.37. The second-order valence-corrected chi connectivity index (χ2v) is 12.3. The van der Waals surface area contributed by atoms with Crippen LogP contribution in [0.1, 0.15) is 16.8 Å². The minimum atomic E-state index is -4.06. The fraction of sp³-hybridized carbons (Fsp3) is 0.318. The topological polar surface area (TPSA) is 133 Å². The van der Waals surface area contributed by atoms with Crippen molar-refractivity contribution in [3.63, 3.8) is 0 Å². The molecule has 2 unspecified atom stereocenters. The summed E-state index contributed by atoms with van der Waals surface area (Å²) in [7, 11) is 1.14. The Balaban J connectivity index is 1.53. The molecule has 3 amide bonds. The number of aromatic nitrogens is 1. The predicted octanol–water partition coefficient (Wildman–Crippen LogP) is 3.18. The van der Waals surface area contributed by atoms with Gasteiger partial charge in [0.2, 0.25) is 0 Å². The Kier molecular flexibility index (Phi) is 7.83. The molecule has 0 radical (unpaired) electrons.